The number of hydrogen-bond donors (Lipinski definition) is 2. The summed E-state index contributed by atoms with van der Waals surface area (Å²) in [6, 6.07) is 16.4. The SMILES string of the molecule is C1=Cc2cc3ccc(cc4ccc(cc5nc(cc1n2)C=C5)[nH]4)[nH]3.[Ti]. The van der Waals surface area contributed by atoms with E-state index in [1.807, 2.05) is 42.5 Å². The maximum absolute atomic E-state index is 4.62. The van der Waals surface area contributed by atoms with Gasteiger partial charge in [-0.2, -0.15) is 0 Å². The summed E-state index contributed by atoms with van der Waals surface area (Å²) in [5, 5.41) is 0. The van der Waals surface area contributed by atoms with Crippen LogP contribution in [0.25, 0.3) is 46.4 Å². The van der Waals surface area contributed by atoms with Crippen molar-refractivity contribution in [3.8, 4) is 0 Å². The molecule has 3 aromatic rings. The summed E-state index contributed by atoms with van der Waals surface area (Å²) in [5.74, 6) is 0. The van der Waals surface area contributed by atoms with Crippen molar-refractivity contribution in [2.75, 3.05) is 0 Å². The van der Waals surface area contributed by atoms with Gasteiger partial charge in [0.15, 0.2) is 0 Å². The summed E-state index contributed by atoms with van der Waals surface area (Å²) in [7, 11) is 0. The molecule has 2 aliphatic heterocycles. The normalized spacial score (nSPS) is 12.2. The number of nitrogens with one attached hydrogen (secondary N) is 2. The average Bonchev–Trinajstić information content (AvgIpc) is 3.32. The van der Waals surface area contributed by atoms with Gasteiger partial charge in [-0.3, -0.25) is 0 Å². The van der Waals surface area contributed by atoms with E-state index in [1.54, 1.807) is 0 Å². The van der Waals surface area contributed by atoms with Crippen LogP contribution in [-0.4, -0.2) is 19.9 Å². The summed E-state index contributed by atoms with van der Waals surface area (Å²) >= 11 is 0. The second-order valence-corrected chi connectivity index (χ2v) is 5.91. The van der Waals surface area contributed by atoms with E-state index in [0.717, 1.165) is 44.8 Å². The molecule has 0 saturated carbocycles. The maximum Gasteiger partial charge on any atom is 0.0659 e. The van der Waals surface area contributed by atoms with Crippen molar-refractivity contribution in [2.45, 2.75) is 0 Å². The van der Waals surface area contributed by atoms with E-state index < -0.39 is 0 Å². The molecule has 0 unspecified atom stereocenters. The minimum atomic E-state index is 0. The van der Waals surface area contributed by atoms with Gasteiger partial charge in [0.25, 0.3) is 0 Å². The standard InChI is InChI=1S/C20H14N4.Ti/c1-2-14-10-16-5-6-18(23-16)12-20-8-7-19(24-20)11-17-4-3-15(22-17)9-13(1)21-14;/h1-12,21-22H;. The largest absolute Gasteiger partial charge is 0.355 e. The van der Waals surface area contributed by atoms with Gasteiger partial charge in [0.1, 0.15) is 0 Å². The van der Waals surface area contributed by atoms with Crippen molar-refractivity contribution in [1.29, 1.82) is 0 Å². The number of fused-ring (bicyclic) bond motifs is 8. The molecule has 5 heterocycles. The minimum Gasteiger partial charge on any atom is -0.355 e. The Hall–Kier alpha value is -2.69. The fourth-order valence-corrected chi connectivity index (χ4v) is 2.94. The van der Waals surface area contributed by atoms with Crippen LogP contribution in [-0.2, 0) is 21.7 Å². The Morgan fingerprint density at radius 2 is 0.840 bits per heavy atom. The number of aromatic amines is 2. The van der Waals surface area contributed by atoms with Crippen LogP contribution in [0.4, 0.5) is 0 Å². The van der Waals surface area contributed by atoms with Crippen LogP contribution in [0.15, 0.2) is 48.5 Å². The first-order valence-electron chi connectivity index (χ1n) is 7.85. The number of aromatic nitrogens is 4. The summed E-state index contributed by atoms with van der Waals surface area (Å²) < 4.78 is 0. The number of hydrogen-bond acceptors (Lipinski definition) is 2. The van der Waals surface area contributed by atoms with Gasteiger partial charge in [-0.25, -0.2) is 9.97 Å². The van der Waals surface area contributed by atoms with E-state index in [0.29, 0.717) is 0 Å². The van der Waals surface area contributed by atoms with Gasteiger partial charge in [0, 0.05) is 43.8 Å². The number of rotatable bonds is 0. The van der Waals surface area contributed by atoms with Crippen LogP contribution in [0.1, 0.15) is 22.8 Å². The van der Waals surface area contributed by atoms with Gasteiger partial charge in [-0.1, -0.05) is 0 Å². The fourth-order valence-electron chi connectivity index (χ4n) is 2.94. The maximum atomic E-state index is 4.62. The third-order valence-electron chi connectivity index (χ3n) is 4.04. The molecule has 2 aliphatic rings. The first kappa shape index (κ1) is 15.8. The second-order valence-electron chi connectivity index (χ2n) is 5.91. The van der Waals surface area contributed by atoms with E-state index in [2.05, 4.69) is 50.3 Å². The molecule has 118 valence electrons. The molecule has 8 bridgehead atoms. The molecule has 0 saturated heterocycles. The van der Waals surface area contributed by atoms with Gasteiger partial charge in [-0.15, -0.1) is 0 Å². The van der Waals surface area contributed by atoms with Gasteiger partial charge < -0.3 is 9.97 Å². The van der Waals surface area contributed by atoms with E-state index in [9.17, 15) is 0 Å². The number of nitrogens with zero attached hydrogens (tertiary/aromatic N) is 2. The molecule has 0 aliphatic carbocycles. The quantitative estimate of drug-likeness (QED) is 0.396. The van der Waals surface area contributed by atoms with Crippen molar-refractivity contribution in [3.05, 3.63) is 71.3 Å². The van der Waals surface area contributed by atoms with Gasteiger partial charge in [0.05, 0.1) is 22.8 Å². The van der Waals surface area contributed by atoms with Crippen LogP contribution >= 0.6 is 0 Å². The van der Waals surface area contributed by atoms with E-state index >= 15 is 0 Å². The topological polar surface area (TPSA) is 57.4 Å². The Kier molecular flexibility index (Phi) is 4.00. The average molecular weight is 358 g/mol. The predicted octanol–water partition coefficient (Wildman–Crippen LogP) is 4.65. The molecule has 0 atom stereocenters. The van der Waals surface area contributed by atoms with Crippen LogP contribution < -0.4 is 0 Å². The molecule has 0 radical (unpaired) electrons. The van der Waals surface area contributed by atoms with Crippen molar-refractivity contribution < 1.29 is 21.7 Å². The van der Waals surface area contributed by atoms with Crippen molar-refractivity contribution in [3.63, 3.8) is 0 Å². The van der Waals surface area contributed by atoms with Crippen molar-refractivity contribution >= 4 is 46.4 Å². The first-order chi connectivity index (χ1) is 11.8. The molecule has 5 heteroatoms. The Morgan fingerprint density at radius 1 is 0.480 bits per heavy atom. The van der Waals surface area contributed by atoms with Crippen LogP contribution in [0.2, 0.25) is 0 Å². The zero-order chi connectivity index (χ0) is 15.9. The van der Waals surface area contributed by atoms with E-state index in [-0.39, 0.29) is 21.7 Å². The van der Waals surface area contributed by atoms with Crippen molar-refractivity contribution in [1.82, 2.24) is 19.9 Å². The molecule has 0 fully saturated rings. The summed E-state index contributed by atoms with van der Waals surface area (Å²) in [6.07, 6.45) is 8.05. The monoisotopic (exact) mass is 358 g/mol. The van der Waals surface area contributed by atoms with Gasteiger partial charge >= 0.3 is 0 Å². The Morgan fingerprint density at radius 3 is 1.28 bits per heavy atom. The Labute approximate surface area is 159 Å². The molecule has 3 aromatic heterocycles. The Bertz CT molecular complexity index is 1080. The third-order valence-corrected chi connectivity index (χ3v) is 4.04. The zero-order valence-corrected chi connectivity index (χ0v) is 14.9. The zero-order valence-electron chi connectivity index (χ0n) is 13.3. The summed E-state index contributed by atoms with van der Waals surface area (Å²) in [4.78, 5) is 16.0. The minimum absolute atomic E-state index is 0. The van der Waals surface area contributed by atoms with Crippen LogP contribution in [0.3, 0.4) is 0 Å². The molecule has 25 heavy (non-hydrogen) atoms. The Balaban J connectivity index is 0.00000157. The summed E-state index contributed by atoms with van der Waals surface area (Å²) in [6.45, 7) is 0. The summed E-state index contributed by atoms with van der Waals surface area (Å²) in [5.41, 5.74) is 7.86. The van der Waals surface area contributed by atoms with E-state index in [4.69, 9.17) is 0 Å². The number of H-pyrrole nitrogens is 2. The predicted molar refractivity (Wildman–Crippen MR) is 98.9 cm³/mol. The smallest absolute Gasteiger partial charge is 0.0659 e. The molecule has 0 amide bonds. The molecule has 4 nitrogen and oxygen atoms in total. The molecular weight excluding hydrogens is 344 g/mol. The van der Waals surface area contributed by atoms with Crippen LogP contribution in [0.5, 0.6) is 0 Å². The van der Waals surface area contributed by atoms with Gasteiger partial charge in [0.2, 0.25) is 0 Å². The molecule has 0 aromatic carbocycles. The van der Waals surface area contributed by atoms with Crippen LogP contribution in [0, 0.1) is 0 Å². The fraction of sp³-hybridized carbons (Fsp3) is 0. The molecular formula is C20H14N4Ti. The van der Waals surface area contributed by atoms with Gasteiger partial charge in [-0.05, 0) is 72.8 Å². The first-order valence-corrected chi connectivity index (χ1v) is 7.85. The molecule has 2 N–H and O–H groups in total. The molecule has 0 spiro atoms. The second kappa shape index (κ2) is 6.32. The third kappa shape index (κ3) is 3.27. The van der Waals surface area contributed by atoms with Crippen molar-refractivity contribution in [2.24, 2.45) is 0 Å². The molecule has 5 rings (SSSR count). The van der Waals surface area contributed by atoms with E-state index in [1.165, 1.54) is 0 Å².